The first kappa shape index (κ1) is 22.8. The van der Waals surface area contributed by atoms with Crippen molar-refractivity contribution in [1.29, 1.82) is 0 Å². The van der Waals surface area contributed by atoms with Gasteiger partial charge in [-0.15, -0.1) is 11.8 Å². The predicted molar refractivity (Wildman–Crippen MR) is 118 cm³/mol. The molecule has 7 heteroatoms. The molecule has 4 rings (SSSR count). The van der Waals surface area contributed by atoms with E-state index in [1.807, 2.05) is 30.3 Å². The van der Waals surface area contributed by atoms with Gasteiger partial charge < -0.3 is 4.74 Å². The van der Waals surface area contributed by atoms with Crippen LogP contribution in [0.15, 0.2) is 83.8 Å². The molecule has 0 bridgehead atoms. The zero-order chi connectivity index (χ0) is 22.6. The Kier molecular flexibility index (Phi) is 7.18. The Morgan fingerprint density at radius 2 is 1.72 bits per heavy atom. The third-order valence-corrected chi connectivity index (χ3v) is 6.83. The van der Waals surface area contributed by atoms with Crippen molar-refractivity contribution in [3.8, 4) is 0 Å². The summed E-state index contributed by atoms with van der Waals surface area (Å²) >= 11 is 1.08. The van der Waals surface area contributed by atoms with Gasteiger partial charge in [-0.3, -0.25) is 4.90 Å². The molecule has 1 aliphatic rings. The predicted octanol–water partition coefficient (Wildman–Crippen LogP) is 6.58. The summed E-state index contributed by atoms with van der Waals surface area (Å²) in [6, 6.07) is 21.6. The molecule has 0 spiro atoms. The van der Waals surface area contributed by atoms with Crippen LogP contribution in [0, 0.1) is 5.82 Å². The number of rotatable bonds is 6. The normalized spacial score (nSPS) is 18.4. The second-order valence-corrected chi connectivity index (χ2v) is 8.90. The van der Waals surface area contributed by atoms with Gasteiger partial charge in [0, 0.05) is 24.5 Å². The molecule has 1 aliphatic heterocycles. The highest BCUT2D eigenvalue weighted by Crippen LogP contribution is 2.45. The van der Waals surface area contributed by atoms with Crippen molar-refractivity contribution >= 4 is 11.8 Å². The molecule has 2 atom stereocenters. The van der Waals surface area contributed by atoms with E-state index >= 15 is 0 Å². The fourth-order valence-corrected chi connectivity index (χ4v) is 5.22. The molecule has 0 radical (unpaired) electrons. The monoisotopic (exact) mass is 461 g/mol. The van der Waals surface area contributed by atoms with Gasteiger partial charge in [0.2, 0.25) is 0 Å². The number of alkyl halides is 3. The zero-order valence-corrected chi connectivity index (χ0v) is 18.1. The van der Waals surface area contributed by atoms with E-state index in [-0.39, 0.29) is 11.0 Å². The molecule has 1 saturated heterocycles. The van der Waals surface area contributed by atoms with Crippen molar-refractivity contribution in [3.05, 3.63) is 101 Å². The van der Waals surface area contributed by atoms with Gasteiger partial charge in [-0.25, -0.2) is 4.39 Å². The molecule has 0 N–H and O–H groups in total. The summed E-state index contributed by atoms with van der Waals surface area (Å²) in [4.78, 5) is 2.34. The van der Waals surface area contributed by atoms with Gasteiger partial charge in [0.25, 0.3) is 0 Å². The number of hydrogen-bond donors (Lipinski definition) is 0. The number of halogens is 4. The summed E-state index contributed by atoms with van der Waals surface area (Å²) in [7, 11) is 0. The van der Waals surface area contributed by atoms with Crippen molar-refractivity contribution in [2.75, 3.05) is 19.7 Å². The number of hydrogen-bond acceptors (Lipinski definition) is 3. The molecule has 1 fully saturated rings. The van der Waals surface area contributed by atoms with Gasteiger partial charge in [0.15, 0.2) is 0 Å². The quantitative estimate of drug-likeness (QED) is 0.304. The maximum absolute atomic E-state index is 14.0. The molecule has 2 nitrogen and oxygen atoms in total. The Hall–Kier alpha value is -2.35. The van der Waals surface area contributed by atoms with Crippen LogP contribution < -0.4 is 0 Å². The van der Waals surface area contributed by atoms with E-state index in [0.29, 0.717) is 18.7 Å². The first-order chi connectivity index (χ1) is 15.4. The molecule has 1 heterocycles. The van der Waals surface area contributed by atoms with Crippen LogP contribution in [-0.2, 0) is 17.5 Å². The minimum Gasteiger partial charge on any atom is -0.374 e. The van der Waals surface area contributed by atoms with Crippen LogP contribution in [0.25, 0.3) is 0 Å². The Balaban J connectivity index is 1.62. The van der Waals surface area contributed by atoms with Gasteiger partial charge in [0.05, 0.1) is 23.5 Å². The fourth-order valence-electron chi connectivity index (χ4n) is 3.88. The van der Waals surface area contributed by atoms with Gasteiger partial charge in [0.1, 0.15) is 5.82 Å². The summed E-state index contributed by atoms with van der Waals surface area (Å²) < 4.78 is 60.9. The van der Waals surface area contributed by atoms with Crippen molar-refractivity contribution in [3.63, 3.8) is 0 Å². The molecular formula is C25H23F4NOS. The summed E-state index contributed by atoms with van der Waals surface area (Å²) in [6.45, 7) is 2.45. The highest BCUT2D eigenvalue weighted by molar-refractivity contribution is 7.99. The van der Waals surface area contributed by atoms with Crippen LogP contribution in [-0.4, -0.2) is 30.7 Å². The van der Waals surface area contributed by atoms with Crippen LogP contribution in [0.2, 0.25) is 0 Å². The molecule has 168 valence electrons. The van der Waals surface area contributed by atoms with Crippen LogP contribution >= 0.6 is 11.8 Å². The minimum absolute atomic E-state index is 0.109. The lowest BCUT2D eigenvalue weighted by molar-refractivity contribution is -0.139. The van der Waals surface area contributed by atoms with E-state index in [0.717, 1.165) is 36.5 Å². The Morgan fingerprint density at radius 3 is 2.47 bits per heavy atom. The lowest BCUT2D eigenvalue weighted by atomic mass is 10.1. The highest BCUT2D eigenvalue weighted by Gasteiger charge is 2.36. The van der Waals surface area contributed by atoms with E-state index < -0.39 is 22.8 Å². The fraction of sp³-hybridized carbons (Fsp3) is 0.280. The second-order valence-electron chi connectivity index (χ2n) is 7.72. The average Bonchev–Trinajstić information content (AvgIpc) is 2.78. The largest absolute Gasteiger partial charge is 0.417 e. The second kappa shape index (κ2) is 10.1. The van der Waals surface area contributed by atoms with E-state index in [2.05, 4.69) is 4.90 Å². The third-order valence-electron chi connectivity index (χ3n) is 5.39. The number of benzene rings is 3. The van der Waals surface area contributed by atoms with Crippen molar-refractivity contribution in [2.24, 2.45) is 0 Å². The number of ether oxygens (including phenoxy) is 1. The van der Waals surface area contributed by atoms with Gasteiger partial charge in [-0.2, -0.15) is 13.2 Å². The standard InChI is InChI=1S/C25H23F4NOS/c26-20-10-6-9-19(15-20)24(32-23-12-5-4-11-21(23)25(27,28)29)22-17-30(13-14-31-22)16-18-7-2-1-3-8-18/h1-12,15,22,24H,13-14,16-17H2/t22-,24-/m0/s1. The molecule has 0 saturated carbocycles. The lowest BCUT2D eigenvalue weighted by Crippen LogP contribution is -2.44. The van der Waals surface area contributed by atoms with Crippen LogP contribution in [0.4, 0.5) is 17.6 Å². The maximum atomic E-state index is 14.0. The number of thioether (sulfide) groups is 1. The van der Waals surface area contributed by atoms with E-state index in [4.69, 9.17) is 4.74 Å². The van der Waals surface area contributed by atoms with Gasteiger partial charge in [-0.1, -0.05) is 54.6 Å². The first-order valence-electron chi connectivity index (χ1n) is 10.4. The number of morpholine rings is 1. The van der Waals surface area contributed by atoms with Crippen molar-refractivity contribution < 1.29 is 22.3 Å². The van der Waals surface area contributed by atoms with E-state index in [9.17, 15) is 17.6 Å². The lowest BCUT2D eigenvalue weighted by Gasteiger charge is -2.37. The topological polar surface area (TPSA) is 12.5 Å². The molecule has 0 amide bonds. The Morgan fingerprint density at radius 1 is 0.969 bits per heavy atom. The van der Waals surface area contributed by atoms with Gasteiger partial charge in [-0.05, 0) is 35.4 Å². The SMILES string of the molecule is Fc1cccc([C@H](Sc2ccccc2C(F)(F)F)[C@@H]2CN(Cc3ccccc3)CCO2)c1. The smallest absolute Gasteiger partial charge is 0.374 e. The van der Waals surface area contributed by atoms with Crippen LogP contribution in [0.3, 0.4) is 0 Å². The van der Waals surface area contributed by atoms with Gasteiger partial charge >= 0.3 is 6.18 Å². The molecule has 0 aliphatic carbocycles. The molecule has 32 heavy (non-hydrogen) atoms. The summed E-state index contributed by atoms with van der Waals surface area (Å²) in [5.41, 5.74) is 1.08. The zero-order valence-electron chi connectivity index (χ0n) is 17.3. The molecule has 3 aromatic carbocycles. The average molecular weight is 462 g/mol. The van der Waals surface area contributed by atoms with Crippen molar-refractivity contribution in [2.45, 2.75) is 29.0 Å². The maximum Gasteiger partial charge on any atom is 0.417 e. The summed E-state index contributed by atoms with van der Waals surface area (Å²) in [5, 5.41) is -0.493. The minimum atomic E-state index is -4.47. The highest BCUT2D eigenvalue weighted by atomic mass is 32.2. The van der Waals surface area contributed by atoms with E-state index in [1.165, 1.54) is 24.3 Å². The van der Waals surface area contributed by atoms with Crippen LogP contribution in [0.1, 0.15) is 21.9 Å². The van der Waals surface area contributed by atoms with E-state index in [1.54, 1.807) is 18.2 Å². The molecule has 3 aromatic rings. The Bertz CT molecular complexity index is 1030. The third kappa shape index (κ3) is 5.71. The summed E-state index contributed by atoms with van der Waals surface area (Å²) in [6.07, 6.45) is -4.86. The van der Waals surface area contributed by atoms with Crippen LogP contribution in [0.5, 0.6) is 0 Å². The Labute approximate surface area is 189 Å². The first-order valence-corrected chi connectivity index (χ1v) is 11.2. The molecule has 0 unspecified atom stereocenters. The summed E-state index contributed by atoms with van der Waals surface area (Å²) in [5.74, 6) is -0.422. The number of nitrogens with zero attached hydrogens (tertiary/aromatic N) is 1. The van der Waals surface area contributed by atoms with Crippen molar-refractivity contribution in [1.82, 2.24) is 4.90 Å². The molecule has 0 aromatic heterocycles. The molecular weight excluding hydrogens is 438 g/mol.